The molecule has 0 saturated carbocycles. The standard InChI is InChI=1S/C16H18N4O4/c1-17-15(23)11(8-10-6-4-3-5-7-10)20-9-12(21)14(22)13(19-20)16(24)18-2/h3-7,9,11,21H,8H2,1-2H3,(H,17,23)(H,18,24). The molecule has 3 N–H and O–H groups in total. The fraction of sp³-hybridized carbons (Fsp3) is 0.250. The van der Waals surface area contributed by atoms with Crippen LogP contribution in [0.15, 0.2) is 41.3 Å². The minimum atomic E-state index is -0.888. The van der Waals surface area contributed by atoms with E-state index in [-0.39, 0.29) is 12.3 Å². The predicted molar refractivity (Wildman–Crippen MR) is 86.8 cm³/mol. The molecule has 0 aliphatic heterocycles. The first-order chi connectivity index (χ1) is 11.5. The molecule has 0 bridgehead atoms. The number of hydrogen-bond acceptors (Lipinski definition) is 5. The molecule has 126 valence electrons. The molecule has 1 aromatic carbocycles. The average Bonchev–Trinajstić information content (AvgIpc) is 2.61. The van der Waals surface area contributed by atoms with Crippen molar-refractivity contribution in [1.29, 1.82) is 0 Å². The van der Waals surface area contributed by atoms with Gasteiger partial charge in [0, 0.05) is 20.5 Å². The summed E-state index contributed by atoms with van der Waals surface area (Å²) in [5.74, 6) is -1.75. The molecule has 0 fully saturated rings. The summed E-state index contributed by atoms with van der Waals surface area (Å²) < 4.78 is 1.13. The van der Waals surface area contributed by atoms with Crippen molar-refractivity contribution in [3.05, 3.63) is 58.0 Å². The maximum atomic E-state index is 12.2. The fourth-order valence-corrected chi connectivity index (χ4v) is 2.23. The summed E-state index contributed by atoms with van der Waals surface area (Å²) in [6.07, 6.45) is 1.33. The smallest absolute Gasteiger partial charge is 0.275 e. The highest BCUT2D eigenvalue weighted by atomic mass is 16.3. The number of hydrogen-bond donors (Lipinski definition) is 3. The van der Waals surface area contributed by atoms with Crippen LogP contribution in [0.4, 0.5) is 0 Å². The maximum Gasteiger partial charge on any atom is 0.275 e. The van der Waals surface area contributed by atoms with Crippen molar-refractivity contribution >= 4 is 11.8 Å². The lowest BCUT2D eigenvalue weighted by Crippen LogP contribution is -2.35. The molecule has 8 heteroatoms. The topological polar surface area (TPSA) is 113 Å². The van der Waals surface area contributed by atoms with Crippen molar-refractivity contribution in [2.45, 2.75) is 12.5 Å². The lowest BCUT2D eigenvalue weighted by molar-refractivity contribution is -0.124. The van der Waals surface area contributed by atoms with E-state index in [1.807, 2.05) is 30.3 Å². The highest BCUT2D eigenvalue weighted by molar-refractivity contribution is 5.92. The van der Waals surface area contributed by atoms with Crippen LogP contribution < -0.4 is 16.1 Å². The number of carbonyl (C=O) groups excluding carboxylic acids is 2. The minimum absolute atomic E-state index is 0.281. The van der Waals surface area contributed by atoms with Gasteiger partial charge < -0.3 is 15.7 Å². The van der Waals surface area contributed by atoms with E-state index < -0.39 is 28.8 Å². The Morgan fingerprint density at radius 3 is 2.46 bits per heavy atom. The molecule has 1 unspecified atom stereocenters. The highest BCUT2D eigenvalue weighted by Gasteiger charge is 2.24. The van der Waals surface area contributed by atoms with Gasteiger partial charge in [0.15, 0.2) is 11.4 Å². The van der Waals surface area contributed by atoms with Crippen LogP contribution in [0, 0.1) is 0 Å². The second-order valence-electron chi connectivity index (χ2n) is 5.07. The largest absolute Gasteiger partial charge is 0.503 e. The van der Waals surface area contributed by atoms with Gasteiger partial charge in [0.05, 0.1) is 6.20 Å². The number of aromatic nitrogens is 2. The summed E-state index contributed by atoms with van der Waals surface area (Å²) in [5, 5.41) is 18.6. The van der Waals surface area contributed by atoms with Crippen LogP contribution in [-0.4, -0.2) is 40.8 Å². The zero-order valence-electron chi connectivity index (χ0n) is 13.3. The molecule has 0 aliphatic carbocycles. The van der Waals surface area contributed by atoms with Gasteiger partial charge in [-0.1, -0.05) is 30.3 Å². The molecular weight excluding hydrogens is 312 g/mol. The van der Waals surface area contributed by atoms with Gasteiger partial charge >= 0.3 is 0 Å². The van der Waals surface area contributed by atoms with Gasteiger partial charge in [-0.15, -0.1) is 0 Å². The normalized spacial score (nSPS) is 11.6. The lowest BCUT2D eigenvalue weighted by atomic mass is 10.1. The summed E-state index contributed by atoms with van der Waals surface area (Å²) in [5.41, 5.74) is -0.493. The summed E-state index contributed by atoms with van der Waals surface area (Å²) in [6, 6.07) is 8.39. The maximum absolute atomic E-state index is 12.2. The second kappa shape index (κ2) is 7.40. The van der Waals surface area contributed by atoms with Gasteiger partial charge in [0.25, 0.3) is 11.3 Å². The van der Waals surface area contributed by atoms with E-state index in [4.69, 9.17) is 0 Å². The number of benzene rings is 1. The molecule has 0 saturated heterocycles. The number of aromatic hydroxyl groups is 1. The zero-order valence-corrected chi connectivity index (χ0v) is 13.3. The Morgan fingerprint density at radius 1 is 1.21 bits per heavy atom. The third-order valence-electron chi connectivity index (χ3n) is 3.50. The lowest BCUT2D eigenvalue weighted by Gasteiger charge is -2.19. The van der Waals surface area contributed by atoms with E-state index in [0.29, 0.717) is 0 Å². The van der Waals surface area contributed by atoms with Crippen LogP contribution in [0.2, 0.25) is 0 Å². The first-order valence-corrected chi connectivity index (χ1v) is 7.28. The van der Waals surface area contributed by atoms with Crippen LogP contribution in [0.25, 0.3) is 0 Å². The first-order valence-electron chi connectivity index (χ1n) is 7.28. The van der Waals surface area contributed by atoms with E-state index in [9.17, 15) is 19.5 Å². The molecule has 8 nitrogen and oxygen atoms in total. The van der Waals surface area contributed by atoms with Gasteiger partial charge in [-0.2, -0.15) is 5.10 Å². The molecule has 2 amide bonds. The Bertz CT molecular complexity index is 801. The van der Waals surface area contributed by atoms with Crippen LogP contribution in [-0.2, 0) is 11.2 Å². The molecule has 1 aromatic heterocycles. The van der Waals surface area contributed by atoms with E-state index in [1.54, 1.807) is 0 Å². The SMILES string of the molecule is CNC(=O)c1nn(C(Cc2ccccc2)C(=O)NC)cc(O)c1=O. The van der Waals surface area contributed by atoms with Crippen LogP contribution in [0.1, 0.15) is 22.1 Å². The number of nitrogens with zero attached hydrogens (tertiary/aromatic N) is 2. The third kappa shape index (κ3) is 3.60. The Balaban J connectivity index is 2.50. The van der Waals surface area contributed by atoms with E-state index in [0.717, 1.165) is 16.4 Å². The van der Waals surface area contributed by atoms with Crippen molar-refractivity contribution in [2.24, 2.45) is 0 Å². The molecule has 0 radical (unpaired) electrons. The molecule has 2 rings (SSSR count). The van der Waals surface area contributed by atoms with Crippen LogP contribution >= 0.6 is 0 Å². The number of carbonyl (C=O) groups is 2. The van der Waals surface area contributed by atoms with Crippen molar-refractivity contribution in [3.63, 3.8) is 0 Å². The molecule has 1 heterocycles. The monoisotopic (exact) mass is 330 g/mol. The Hall–Kier alpha value is -3.16. The van der Waals surface area contributed by atoms with Crippen LogP contribution in [0.5, 0.6) is 5.75 Å². The third-order valence-corrected chi connectivity index (χ3v) is 3.50. The summed E-state index contributed by atoms with van der Waals surface area (Å²) in [4.78, 5) is 35.8. The summed E-state index contributed by atoms with van der Waals surface area (Å²) >= 11 is 0. The number of rotatable bonds is 5. The summed E-state index contributed by atoms with van der Waals surface area (Å²) in [6.45, 7) is 0. The van der Waals surface area contributed by atoms with Crippen molar-refractivity contribution < 1.29 is 14.7 Å². The van der Waals surface area contributed by atoms with Crippen molar-refractivity contribution in [2.75, 3.05) is 14.1 Å². The molecule has 2 aromatic rings. The van der Waals surface area contributed by atoms with Gasteiger partial charge in [0.2, 0.25) is 5.91 Å². The van der Waals surface area contributed by atoms with Gasteiger partial charge in [0.1, 0.15) is 6.04 Å². The average molecular weight is 330 g/mol. The first kappa shape index (κ1) is 17.2. The summed E-state index contributed by atoms with van der Waals surface area (Å²) in [7, 11) is 2.82. The fourth-order valence-electron chi connectivity index (χ4n) is 2.23. The zero-order chi connectivity index (χ0) is 17.7. The van der Waals surface area contributed by atoms with Gasteiger partial charge in [-0.25, -0.2) is 0 Å². The van der Waals surface area contributed by atoms with E-state index >= 15 is 0 Å². The molecular formula is C16H18N4O4. The second-order valence-corrected chi connectivity index (χ2v) is 5.07. The molecule has 0 aliphatic rings. The predicted octanol–water partition coefficient (Wildman–Crippen LogP) is -0.162. The van der Waals surface area contributed by atoms with Crippen LogP contribution in [0.3, 0.4) is 0 Å². The number of amides is 2. The Morgan fingerprint density at radius 2 is 1.88 bits per heavy atom. The molecule has 0 spiro atoms. The Labute approximate surface area is 138 Å². The van der Waals surface area contributed by atoms with Crippen molar-refractivity contribution in [3.8, 4) is 5.75 Å². The van der Waals surface area contributed by atoms with Crippen molar-refractivity contribution in [1.82, 2.24) is 20.4 Å². The molecule has 1 atom stereocenters. The van der Waals surface area contributed by atoms with Gasteiger partial charge in [-0.3, -0.25) is 19.1 Å². The highest BCUT2D eigenvalue weighted by Crippen LogP contribution is 2.15. The van der Waals surface area contributed by atoms with E-state index in [1.165, 1.54) is 14.1 Å². The quantitative estimate of drug-likeness (QED) is 0.705. The van der Waals surface area contributed by atoms with E-state index in [2.05, 4.69) is 15.7 Å². The minimum Gasteiger partial charge on any atom is -0.503 e. The van der Waals surface area contributed by atoms with Gasteiger partial charge in [-0.05, 0) is 5.56 Å². The molecule has 24 heavy (non-hydrogen) atoms. The number of nitrogens with one attached hydrogen (secondary N) is 2. The Kier molecular flexibility index (Phi) is 5.31. The number of likely N-dealkylation sites (N-methyl/N-ethyl adjacent to an activating group) is 1.